The topological polar surface area (TPSA) is 46.2 Å². The molecule has 3 heteroatoms. The van der Waals surface area contributed by atoms with Crippen molar-refractivity contribution in [2.75, 3.05) is 0 Å². The van der Waals surface area contributed by atoms with E-state index in [1.165, 1.54) is 0 Å². The predicted molar refractivity (Wildman–Crippen MR) is 57.8 cm³/mol. The van der Waals surface area contributed by atoms with Gasteiger partial charge < -0.3 is 10.8 Å². The summed E-state index contributed by atoms with van der Waals surface area (Å²) in [4.78, 5) is 0. The molecule has 13 heavy (non-hydrogen) atoms. The first-order chi connectivity index (χ1) is 6.09. The second kappa shape index (κ2) is 4.63. The van der Waals surface area contributed by atoms with Crippen LogP contribution in [0.2, 0.25) is 0 Å². The van der Waals surface area contributed by atoms with Gasteiger partial charge in [-0.1, -0.05) is 22.0 Å². The fourth-order valence-electron chi connectivity index (χ4n) is 1.13. The number of phenols is 1. The lowest BCUT2D eigenvalue weighted by atomic mass is 10.1. The molecule has 1 aromatic rings. The van der Waals surface area contributed by atoms with E-state index < -0.39 is 0 Å². The highest BCUT2D eigenvalue weighted by Gasteiger charge is 2.02. The number of phenolic OH excluding ortho intramolecular Hbond substituents is 1. The Morgan fingerprint density at radius 3 is 2.77 bits per heavy atom. The summed E-state index contributed by atoms with van der Waals surface area (Å²) in [6.07, 6.45) is 1.73. The Kier molecular flexibility index (Phi) is 3.75. The maximum atomic E-state index is 9.53. The van der Waals surface area contributed by atoms with Gasteiger partial charge in [-0.2, -0.15) is 0 Å². The molecule has 0 radical (unpaired) electrons. The molecule has 1 atom stereocenters. The van der Waals surface area contributed by atoms with E-state index in [0.717, 1.165) is 22.9 Å². The third-order valence-electron chi connectivity index (χ3n) is 1.92. The highest BCUT2D eigenvalue weighted by molar-refractivity contribution is 9.10. The molecule has 0 aliphatic rings. The minimum absolute atomic E-state index is 0.183. The molecule has 0 saturated carbocycles. The molecule has 1 aromatic carbocycles. The minimum atomic E-state index is 0.183. The standard InChI is InChI=1S/C10H14BrNO/c1-7(12)2-3-8-4-5-9(11)6-10(8)13/h4-7,13H,2-3,12H2,1H3/t7-/m1/s1. The van der Waals surface area contributed by atoms with Crippen molar-refractivity contribution in [1.82, 2.24) is 0 Å². The van der Waals surface area contributed by atoms with Crippen LogP contribution < -0.4 is 5.73 Å². The summed E-state index contributed by atoms with van der Waals surface area (Å²) in [7, 11) is 0. The maximum absolute atomic E-state index is 9.53. The van der Waals surface area contributed by atoms with Gasteiger partial charge >= 0.3 is 0 Å². The number of aryl methyl sites for hydroxylation is 1. The Bertz CT molecular complexity index is 286. The molecule has 0 bridgehead atoms. The second-order valence-corrected chi connectivity index (χ2v) is 4.20. The van der Waals surface area contributed by atoms with Gasteiger partial charge in [0.25, 0.3) is 0 Å². The van der Waals surface area contributed by atoms with E-state index in [9.17, 15) is 5.11 Å². The van der Waals surface area contributed by atoms with Crippen molar-refractivity contribution in [3.63, 3.8) is 0 Å². The summed E-state index contributed by atoms with van der Waals surface area (Å²) in [5.41, 5.74) is 6.59. The number of benzene rings is 1. The average Bonchev–Trinajstić information content (AvgIpc) is 2.02. The molecule has 2 nitrogen and oxygen atoms in total. The lowest BCUT2D eigenvalue weighted by Gasteiger charge is -2.06. The SMILES string of the molecule is C[C@@H](N)CCc1ccc(Br)cc1O. The molecular weight excluding hydrogens is 230 g/mol. The highest BCUT2D eigenvalue weighted by Crippen LogP contribution is 2.23. The fraction of sp³-hybridized carbons (Fsp3) is 0.400. The molecule has 3 N–H and O–H groups in total. The third kappa shape index (κ3) is 3.36. The van der Waals surface area contributed by atoms with Gasteiger partial charge in [0.1, 0.15) is 5.75 Å². The molecule has 0 heterocycles. The van der Waals surface area contributed by atoms with Crippen LogP contribution in [0.5, 0.6) is 5.75 Å². The van der Waals surface area contributed by atoms with Crippen LogP contribution in [0.15, 0.2) is 22.7 Å². The first-order valence-corrected chi connectivity index (χ1v) is 5.12. The van der Waals surface area contributed by atoms with Crippen LogP contribution in [-0.2, 0) is 6.42 Å². The van der Waals surface area contributed by atoms with Gasteiger partial charge in [0, 0.05) is 10.5 Å². The van der Waals surface area contributed by atoms with Crippen LogP contribution in [-0.4, -0.2) is 11.1 Å². The van der Waals surface area contributed by atoms with Crippen molar-refractivity contribution in [3.8, 4) is 5.75 Å². The van der Waals surface area contributed by atoms with Gasteiger partial charge in [0.2, 0.25) is 0 Å². The monoisotopic (exact) mass is 243 g/mol. The Balaban J connectivity index is 2.67. The van der Waals surface area contributed by atoms with Gasteiger partial charge in [-0.3, -0.25) is 0 Å². The molecule has 1 rings (SSSR count). The quantitative estimate of drug-likeness (QED) is 0.857. The van der Waals surface area contributed by atoms with E-state index in [1.807, 2.05) is 19.1 Å². The molecule has 0 aliphatic heterocycles. The molecule has 0 unspecified atom stereocenters. The average molecular weight is 244 g/mol. The molecule has 0 aliphatic carbocycles. The molecule has 0 spiro atoms. The zero-order valence-electron chi connectivity index (χ0n) is 7.63. The fourth-order valence-corrected chi connectivity index (χ4v) is 1.48. The third-order valence-corrected chi connectivity index (χ3v) is 2.41. The predicted octanol–water partition coefficient (Wildman–Crippen LogP) is 2.43. The normalized spacial score (nSPS) is 12.8. The Labute approximate surface area is 86.9 Å². The largest absolute Gasteiger partial charge is 0.508 e. The molecule has 0 amide bonds. The summed E-state index contributed by atoms with van der Waals surface area (Å²) in [6.45, 7) is 1.97. The van der Waals surface area contributed by atoms with E-state index in [0.29, 0.717) is 5.75 Å². The van der Waals surface area contributed by atoms with Crippen LogP contribution in [0, 0.1) is 0 Å². The lowest BCUT2D eigenvalue weighted by Crippen LogP contribution is -2.15. The maximum Gasteiger partial charge on any atom is 0.119 e. The molecule has 0 aromatic heterocycles. The minimum Gasteiger partial charge on any atom is -0.508 e. The zero-order valence-corrected chi connectivity index (χ0v) is 9.21. The number of hydrogen-bond acceptors (Lipinski definition) is 2. The van der Waals surface area contributed by atoms with Gasteiger partial charge in [-0.15, -0.1) is 0 Å². The van der Waals surface area contributed by atoms with E-state index >= 15 is 0 Å². The molecule has 0 fully saturated rings. The Morgan fingerprint density at radius 1 is 1.54 bits per heavy atom. The number of aromatic hydroxyl groups is 1. The first kappa shape index (κ1) is 10.5. The number of nitrogens with two attached hydrogens (primary N) is 1. The van der Waals surface area contributed by atoms with E-state index in [4.69, 9.17) is 5.73 Å². The summed E-state index contributed by atoms with van der Waals surface area (Å²) < 4.78 is 0.898. The second-order valence-electron chi connectivity index (χ2n) is 3.29. The smallest absolute Gasteiger partial charge is 0.119 e. The van der Waals surface area contributed by atoms with Crippen molar-refractivity contribution in [2.45, 2.75) is 25.8 Å². The Morgan fingerprint density at radius 2 is 2.23 bits per heavy atom. The van der Waals surface area contributed by atoms with Crippen molar-refractivity contribution in [2.24, 2.45) is 5.73 Å². The van der Waals surface area contributed by atoms with Crippen molar-refractivity contribution < 1.29 is 5.11 Å². The summed E-state index contributed by atoms with van der Waals surface area (Å²) in [5.74, 6) is 0.343. The van der Waals surface area contributed by atoms with Gasteiger partial charge in [-0.25, -0.2) is 0 Å². The van der Waals surface area contributed by atoms with Gasteiger partial charge in [0.15, 0.2) is 0 Å². The van der Waals surface area contributed by atoms with E-state index in [-0.39, 0.29) is 6.04 Å². The Hall–Kier alpha value is -0.540. The number of halogens is 1. The van der Waals surface area contributed by atoms with Crippen LogP contribution >= 0.6 is 15.9 Å². The molecule has 0 saturated heterocycles. The van der Waals surface area contributed by atoms with E-state index in [2.05, 4.69) is 15.9 Å². The summed E-state index contributed by atoms with van der Waals surface area (Å²) in [6, 6.07) is 5.73. The van der Waals surface area contributed by atoms with Gasteiger partial charge in [-0.05, 0) is 37.5 Å². The van der Waals surface area contributed by atoms with E-state index in [1.54, 1.807) is 6.07 Å². The number of rotatable bonds is 3. The van der Waals surface area contributed by atoms with Crippen LogP contribution in [0.3, 0.4) is 0 Å². The molecular formula is C10H14BrNO. The first-order valence-electron chi connectivity index (χ1n) is 4.32. The summed E-state index contributed by atoms with van der Waals surface area (Å²) >= 11 is 3.29. The van der Waals surface area contributed by atoms with Crippen molar-refractivity contribution >= 4 is 15.9 Å². The van der Waals surface area contributed by atoms with Crippen LogP contribution in [0.1, 0.15) is 18.9 Å². The lowest BCUT2D eigenvalue weighted by molar-refractivity contribution is 0.465. The summed E-state index contributed by atoms with van der Waals surface area (Å²) in [5, 5.41) is 9.53. The molecule has 72 valence electrons. The van der Waals surface area contributed by atoms with Gasteiger partial charge in [0.05, 0.1) is 0 Å². The van der Waals surface area contributed by atoms with Crippen LogP contribution in [0.4, 0.5) is 0 Å². The number of hydrogen-bond donors (Lipinski definition) is 2. The van der Waals surface area contributed by atoms with Crippen molar-refractivity contribution in [1.29, 1.82) is 0 Å². The zero-order chi connectivity index (χ0) is 9.84. The highest BCUT2D eigenvalue weighted by atomic mass is 79.9. The van der Waals surface area contributed by atoms with Crippen LogP contribution in [0.25, 0.3) is 0 Å². The van der Waals surface area contributed by atoms with Crippen molar-refractivity contribution in [3.05, 3.63) is 28.2 Å².